The first-order valence-electron chi connectivity index (χ1n) is 13.4. The highest BCUT2D eigenvalue weighted by Gasteiger charge is 2.26. The normalized spacial score (nSPS) is 16.5. The molecule has 0 saturated carbocycles. The second-order valence-corrected chi connectivity index (χ2v) is 9.65. The van der Waals surface area contributed by atoms with E-state index in [2.05, 4.69) is 49.9 Å². The second kappa shape index (κ2) is 18.1. The molecule has 2 nitrogen and oxygen atoms in total. The maximum absolute atomic E-state index is 2.59. The molecule has 29 heavy (non-hydrogen) atoms. The molecule has 172 valence electrons. The molecule has 0 N–H and O–H groups in total. The molecule has 0 aromatic carbocycles. The van der Waals surface area contributed by atoms with Gasteiger partial charge >= 0.3 is 0 Å². The molecular formula is C27H54N2. The van der Waals surface area contributed by atoms with Gasteiger partial charge < -0.3 is 9.80 Å². The quantitative estimate of drug-likeness (QED) is 0.186. The summed E-state index contributed by atoms with van der Waals surface area (Å²) in [6.07, 6.45) is 30.9. The molecule has 1 unspecified atom stereocenters. The zero-order valence-corrected chi connectivity index (χ0v) is 20.6. The monoisotopic (exact) mass is 406 g/mol. The van der Waals surface area contributed by atoms with Crippen molar-refractivity contribution in [3.63, 3.8) is 0 Å². The lowest BCUT2D eigenvalue weighted by Crippen LogP contribution is -2.42. The topological polar surface area (TPSA) is 6.48 Å². The second-order valence-electron chi connectivity index (χ2n) is 9.65. The van der Waals surface area contributed by atoms with Gasteiger partial charge in [0.15, 0.2) is 0 Å². The Kier molecular flexibility index (Phi) is 16.5. The Morgan fingerprint density at radius 3 is 1.48 bits per heavy atom. The SMILES string of the molecule is CCCCCCCCCCCCCCCCCC1N(CCCC)C=CN1C(C)C. The van der Waals surface area contributed by atoms with Gasteiger partial charge in [0, 0.05) is 25.0 Å². The van der Waals surface area contributed by atoms with Crippen LogP contribution in [0.4, 0.5) is 0 Å². The van der Waals surface area contributed by atoms with Gasteiger partial charge in [0.25, 0.3) is 0 Å². The number of rotatable bonds is 20. The Balaban J connectivity index is 1.95. The van der Waals surface area contributed by atoms with Gasteiger partial charge in [-0.25, -0.2) is 0 Å². The summed E-state index contributed by atoms with van der Waals surface area (Å²) >= 11 is 0. The van der Waals surface area contributed by atoms with E-state index in [-0.39, 0.29) is 0 Å². The molecule has 0 aliphatic carbocycles. The lowest BCUT2D eigenvalue weighted by molar-refractivity contribution is 0.114. The third-order valence-electron chi connectivity index (χ3n) is 6.59. The van der Waals surface area contributed by atoms with E-state index in [4.69, 9.17) is 0 Å². The van der Waals surface area contributed by atoms with Crippen LogP contribution in [-0.2, 0) is 0 Å². The van der Waals surface area contributed by atoms with Crippen molar-refractivity contribution in [1.82, 2.24) is 9.80 Å². The maximum atomic E-state index is 2.59. The standard InChI is InChI=1S/C27H54N2/c1-5-7-9-10-11-12-13-14-15-16-17-18-19-20-21-22-27-28(23-8-6-2)24-25-29(27)26(3)4/h24-27H,5-23H2,1-4H3. The first-order valence-corrected chi connectivity index (χ1v) is 13.4. The Labute approximate surface area is 184 Å². The third kappa shape index (κ3) is 12.6. The minimum Gasteiger partial charge on any atom is -0.356 e. The van der Waals surface area contributed by atoms with Gasteiger partial charge in [-0.2, -0.15) is 0 Å². The molecular weight excluding hydrogens is 352 g/mol. The van der Waals surface area contributed by atoms with Crippen molar-refractivity contribution in [2.24, 2.45) is 0 Å². The van der Waals surface area contributed by atoms with Crippen molar-refractivity contribution in [1.29, 1.82) is 0 Å². The number of nitrogens with zero attached hydrogens (tertiary/aromatic N) is 2. The fourth-order valence-electron chi connectivity index (χ4n) is 4.63. The van der Waals surface area contributed by atoms with E-state index >= 15 is 0 Å². The van der Waals surface area contributed by atoms with Crippen molar-refractivity contribution < 1.29 is 0 Å². The molecule has 1 aliphatic rings. The van der Waals surface area contributed by atoms with E-state index in [1.54, 1.807) is 0 Å². The van der Waals surface area contributed by atoms with E-state index < -0.39 is 0 Å². The van der Waals surface area contributed by atoms with E-state index in [9.17, 15) is 0 Å². The summed E-state index contributed by atoms with van der Waals surface area (Å²) in [6, 6.07) is 0.610. The molecule has 0 aromatic rings. The Morgan fingerprint density at radius 1 is 0.586 bits per heavy atom. The average molecular weight is 407 g/mol. The van der Waals surface area contributed by atoms with Gasteiger partial charge in [0.1, 0.15) is 6.17 Å². The first-order chi connectivity index (χ1) is 14.2. The van der Waals surface area contributed by atoms with Gasteiger partial charge in [0.2, 0.25) is 0 Å². The molecule has 0 saturated heterocycles. The smallest absolute Gasteiger partial charge is 0.101 e. The maximum Gasteiger partial charge on any atom is 0.101 e. The van der Waals surface area contributed by atoms with E-state index in [0.717, 1.165) is 0 Å². The molecule has 2 heteroatoms. The first kappa shape index (κ1) is 26.4. The van der Waals surface area contributed by atoms with Crippen molar-refractivity contribution in [3.05, 3.63) is 12.4 Å². The van der Waals surface area contributed by atoms with Gasteiger partial charge in [-0.3, -0.25) is 0 Å². The molecule has 0 fully saturated rings. The van der Waals surface area contributed by atoms with Crippen LogP contribution in [0.5, 0.6) is 0 Å². The van der Waals surface area contributed by atoms with Crippen molar-refractivity contribution in [2.45, 2.75) is 155 Å². The van der Waals surface area contributed by atoms with Crippen LogP contribution in [0.15, 0.2) is 12.4 Å². The summed E-state index contributed by atoms with van der Waals surface area (Å²) < 4.78 is 0. The van der Waals surface area contributed by atoms with Crippen LogP contribution in [0, 0.1) is 0 Å². The summed E-state index contributed by atoms with van der Waals surface area (Å²) in [5.74, 6) is 0. The molecule has 0 amide bonds. The summed E-state index contributed by atoms with van der Waals surface area (Å²) in [6.45, 7) is 10.5. The largest absolute Gasteiger partial charge is 0.356 e. The highest BCUT2D eigenvalue weighted by Crippen LogP contribution is 2.24. The number of unbranched alkanes of at least 4 members (excludes halogenated alkanes) is 15. The summed E-state index contributed by atoms with van der Waals surface area (Å²) in [5, 5.41) is 0. The molecule has 1 atom stereocenters. The lowest BCUT2D eigenvalue weighted by Gasteiger charge is -2.35. The van der Waals surface area contributed by atoms with E-state index in [0.29, 0.717) is 12.2 Å². The summed E-state index contributed by atoms with van der Waals surface area (Å²) in [7, 11) is 0. The predicted octanol–water partition coefficient (Wildman–Crippen LogP) is 8.87. The van der Waals surface area contributed by atoms with Crippen molar-refractivity contribution in [3.8, 4) is 0 Å². The molecule has 1 rings (SSSR count). The summed E-state index contributed by atoms with van der Waals surface area (Å²) in [4.78, 5) is 5.16. The molecule has 0 bridgehead atoms. The van der Waals surface area contributed by atoms with E-state index in [1.165, 1.54) is 122 Å². The Morgan fingerprint density at radius 2 is 1.03 bits per heavy atom. The highest BCUT2D eigenvalue weighted by molar-refractivity contribution is 4.98. The van der Waals surface area contributed by atoms with Crippen LogP contribution in [0.3, 0.4) is 0 Å². The van der Waals surface area contributed by atoms with Crippen LogP contribution in [-0.4, -0.2) is 28.6 Å². The van der Waals surface area contributed by atoms with Crippen LogP contribution < -0.4 is 0 Å². The van der Waals surface area contributed by atoms with E-state index in [1.807, 2.05) is 0 Å². The minimum absolute atomic E-state index is 0.610. The van der Waals surface area contributed by atoms with Gasteiger partial charge in [0.05, 0.1) is 0 Å². The molecule has 0 spiro atoms. The molecule has 0 radical (unpaired) electrons. The molecule has 1 aliphatic heterocycles. The van der Waals surface area contributed by atoms with Crippen molar-refractivity contribution in [2.75, 3.05) is 6.54 Å². The fourth-order valence-corrected chi connectivity index (χ4v) is 4.63. The molecule has 0 aromatic heterocycles. The predicted molar refractivity (Wildman–Crippen MR) is 131 cm³/mol. The average Bonchev–Trinajstić information content (AvgIpc) is 3.12. The Bertz CT molecular complexity index is 377. The lowest BCUT2D eigenvalue weighted by atomic mass is 10.0. The number of hydrogen-bond donors (Lipinski definition) is 0. The van der Waals surface area contributed by atoms with Crippen LogP contribution in [0.2, 0.25) is 0 Å². The van der Waals surface area contributed by atoms with Gasteiger partial charge in [-0.15, -0.1) is 0 Å². The van der Waals surface area contributed by atoms with Gasteiger partial charge in [-0.1, -0.05) is 110 Å². The Hall–Kier alpha value is -0.660. The van der Waals surface area contributed by atoms with Crippen LogP contribution in [0.1, 0.15) is 143 Å². The fraction of sp³-hybridized carbons (Fsp3) is 0.926. The third-order valence-corrected chi connectivity index (χ3v) is 6.59. The van der Waals surface area contributed by atoms with Gasteiger partial charge in [-0.05, 0) is 33.1 Å². The van der Waals surface area contributed by atoms with Crippen molar-refractivity contribution >= 4 is 0 Å². The zero-order chi connectivity index (χ0) is 21.2. The minimum atomic E-state index is 0.610. The van der Waals surface area contributed by atoms with Crippen LogP contribution in [0.25, 0.3) is 0 Å². The number of hydrogen-bond acceptors (Lipinski definition) is 2. The van der Waals surface area contributed by atoms with Crippen LogP contribution >= 0.6 is 0 Å². The molecule has 1 heterocycles. The highest BCUT2D eigenvalue weighted by atomic mass is 15.4. The zero-order valence-electron chi connectivity index (χ0n) is 20.6. The summed E-state index contributed by atoms with van der Waals surface area (Å²) in [5.41, 5.74) is 0.